The molecule has 0 radical (unpaired) electrons. The standard InChI is InChI=1S/C17H21ClN2O/c1-11(2)8-9-12(3)19-17(21)14-10-16(18)20-15-7-5-4-6-13(14)15/h4-7,10-12H,8-9H2,1-3H3,(H,19,21). The van der Waals surface area contributed by atoms with E-state index in [1.165, 1.54) is 0 Å². The van der Waals surface area contributed by atoms with Gasteiger partial charge in [-0.1, -0.05) is 43.6 Å². The van der Waals surface area contributed by atoms with Crippen molar-refractivity contribution in [2.75, 3.05) is 0 Å². The van der Waals surface area contributed by atoms with Crippen molar-refractivity contribution in [2.45, 2.75) is 39.7 Å². The van der Waals surface area contributed by atoms with Crippen LogP contribution in [0.1, 0.15) is 44.0 Å². The van der Waals surface area contributed by atoms with Gasteiger partial charge in [-0.15, -0.1) is 0 Å². The molecule has 0 saturated carbocycles. The fourth-order valence-corrected chi connectivity index (χ4v) is 2.49. The molecule has 112 valence electrons. The van der Waals surface area contributed by atoms with Crippen molar-refractivity contribution in [3.8, 4) is 0 Å². The van der Waals surface area contributed by atoms with Gasteiger partial charge in [-0.2, -0.15) is 0 Å². The average molecular weight is 305 g/mol. The van der Waals surface area contributed by atoms with E-state index in [-0.39, 0.29) is 11.9 Å². The number of rotatable bonds is 5. The Bertz CT molecular complexity index is 640. The third kappa shape index (κ3) is 4.18. The SMILES string of the molecule is CC(C)CCC(C)NC(=O)c1cc(Cl)nc2ccccc12. The Morgan fingerprint density at radius 3 is 2.67 bits per heavy atom. The maximum atomic E-state index is 12.5. The lowest BCUT2D eigenvalue weighted by atomic mass is 10.0. The van der Waals surface area contributed by atoms with E-state index in [2.05, 4.69) is 24.1 Å². The number of aromatic nitrogens is 1. The first-order valence-corrected chi connectivity index (χ1v) is 7.71. The van der Waals surface area contributed by atoms with E-state index >= 15 is 0 Å². The second kappa shape index (κ2) is 6.90. The molecule has 2 aromatic rings. The molecule has 0 bridgehead atoms. The number of carbonyl (C=O) groups is 1. The van der Waals surface area contributed by atoms with Crippen molar-refractivity contribution in [3.05, 3.63) is 41.0 Å². The predicted molar refractivity (Wildman–Crippen MR) is 87.8 cm³/mol. The van der Waals surface area contributed by atoms with Crippen LogP contribution in [-0.2, 0) is 0 Å². The normalized spacial score (nSPS) is 12.6. The summed E-state index contributed by atoms with van der Waals surface area (Å²) in [5.41, 5.74) is 1.33. The molecule has 0 aliphatic rings. The fraction of sp³-hybridized carbons (Fsp3) is 0.412. The summed E-state index contributed by atoms with van der Waals surface area (Å²) in [6, 6.07) is 9.32. The van der Waals surface area contributed by atoms with Gasteiger partial charge in [0.2, 0.25) is 0 Å². The second-order valence-electron chi connectivity index (χ2n) is 5.86. The maximum Gasteiger partial charge on any atom is 0.252 e. The Kier molecular flexibility index (Phi) is 5.18. The average Bonchev–Trinajstić information content (AvgIpc) is 2.44. The molecule has 4 heteroatoms. The molecule has 1 amide bonds. The molecule has 1 heterocycles. The lowest BCUT2D eigenvalue weighted by Crippen LogP contribution is -2.32. The Morgan fingerprint density at radius 2 is 1.95 bits per heavy atom. The minimum Gasteiger partial charge on any atom is -0.350 e. The molecule has 21 heavy (non-hydrogen) atoms. The number of pyridine rings is 1. The molecule has 0 aliphatic heterocycles. The van der Waals surface area contributed by atoms with E-state index in [4.69, 9.17) is 11.6 Å². The van der Waals surface area contributed by atoms with Gasteiger partial charge in [-0.05, 0) is 37.8 Å². The minimum atomic E-state index is -0.0910. The highest BCUT2D eigenvalue weighted by Crippen LogP contribution is 2.21. The molecule has 0 aliphatic carbocycles. The zero-order valence-corrected chi connectivity index (χ0v) is 13.4. The number of nitrogens with zero attached hydrogens (tertiary/aromatic N) is 1. The van der Waals surface area contributed by atoms with E-state index in [0.29, 0.717) is 16.6 Å². The van der Waals surface area contributed by atoms with Crippen molar-refractivity contribution in [1.29, 1.82) is 0 Å². The fourth-order valence-electron chi connectivity index (χ4n) is 2.29. The molecule has 1 unspecified atom stereocenters. The van der Waals surface area contributed by atoms with Gasteiger partial charge in [0.15, 0.2) is 0 Å². The van der Waals surface area contributed by atoms with Gasteiger partial charge >= 0.3 is 0 Å². The van der Waals surface area contributed by atoms with E-state index in [1.807, 2.05) is 31.2 Å². The summed E-state index contributed by atoms with van der Waals surface area (Å²) in [7, 11) is 0. The summed E-state index contributed by atoms with van der Waals surface area (Å²) in [5, 5.41) is 4.22. The van der Waals surface area contributed by atoms with Crippen LogP contribution in [0, 0.1) is 5.92 Å². The quantitative estimate of drug-likeness (QED) is 0.830. The molecule has 0 spiro atoms. The summed E-state index contributed by atoms with van der Waals surface area (Å²) in [4.78, 5) is 16.7. The number of carbonyl (C=O) groups excluding carboxylic acids is 1. The zero-order valence-electron chi connectivity index (χ0n) is 12.7. The van der Waals surface area contributed by atoms with Gasteiger partial charge in [0.05, 0.1) is 11.1 Å². The molecule has 1 aromatic heterocycles. The summed E-state index contributed by atoms with van der Waals surface area (Å²) in [6.45, 7) is 6.40. The van der Waals surface area contributed by atoms with E-state index in [9.17, 15) is 4.79 Å². The minimum absolute atomic E-state index is 0.0910. The molecule has 1 N–H and O–H groups in total. The van der Waals surface area contributed by atoms with E-state index in [0.717, 1.165) is 23.7 Å². The Morgan fingerprint density at radius 1 is 1.24 bits per heavy atom. The van der Waals surface area contributed by atoms with Gasteiger partial charge in [0.25, 0.3) is 5.91 Å². The van der Waals surface area contributed by atoms with E-state index < -0.39 is 0 Å². The van der Waals surface area contributed by atoms with Crippen LogP contribution in [0.5, 0.6) is 0 Å². The maximum absolute atomic E-state index is 12.5. The lowest BCUT2D eigenvalue weighted by Gasteiger charge is -2.16. The third-order valence-electron chi connectivity index (χ3n) is 3.48. The van der Waals surface area contributed by atoms with Crippen LogP contribution in [0.15, 0.2) is 30.3 Å². The van der Waals surface area contributed by atoms with Crippen LogP contribution >= 0.6 is 11.6 Å². The van der Waals surface area contributed by atoms with Crippen LogP contribution < -0.4 is 5.32 Å². The van der Waals surface area contributed by atoms with Crippen molar-refractivity contribution >= 4 is 28.4 Å². The molecule has 1 aromatic carbocycles. The topological polar surface area (TPSA) is 42.0 Å². The smallest absolute Gasteiger partial charge is 0.252 e. The third-order valence-corrected chi connectivity index (χ3v) is 3.68. The molecule has 0 fully saturated rings. The number of hydrogen-bond acceptors (Lipinski definition) is 2. The first-order valence-electron chi connectivity index (χ1n) is 7.33. The Balaban J connectivity index is 2.19. The number of hydrogen-bond donors (Lipinski definition) is 1. The summed E-state index contributed by atoms with van der Waals surface area (Å²) < 4.78 is 0. The van der Waals surface area contributed by atoms with Gasteiger partial charge in [-0.3, -0.25) is 4.79 Å². The van der Waals surface area contributed by atoms with Crippen LogP contribution in [-0.4, -0.2) is 16.9 Å². The van der Waals surface area contributed by atoms with Crippen LogP contribution in [0.25, 0.3) is 10.9 Å². The van der Waals surface area contributed by atoms with Crippen molar-refractivity contribution in [1.82, 2.24) is 10.3 Å². The number of para-hydroxylation sites is 1. The number of fused-ring (bicyclic) bond motifs is 1. The first-order chi connectivity index (χ1) is 9.97. The molecule has 3 nitrogen and oxygen atoms in total. The van der Waals surface area contributed by atoms with Crippen LogP contribution in [0.4, 0.5) is 0 Å². The van der Waals surface area contributed by atoms with Gasteiger partial charge in [0.1, 0.15) is 5.15 Å². The van der Waals surface area contributed by atoms with Crippen molar-refractivity contribution in [3.63, 3.8) is 0 Å². The number of amides is 1. The molecular formula is C17H21ClN2O. The number of nitrogens with one attached hydrogen (secondary N) is 1. The van der Waals surface area contributed by atoms with Crippen molar-refractivity contribution in [2.24, 2.45) is 5.92 Å². The Labute approximate surface area is 130 Å². The summed E-state index contributed by atoms with van der Waals surface area (Å²) in [6.07, 6.45) is 2.07. The molecular weight excluding hydrogens is 284 g/mol. The molecule has 1 atom stereocenters. The van der Waals surface area contributed by atoms with Crippen molar-refractivity contribution < 1.29 is 4.79 Å². The van der Waals surface area contributed by atoms with Gasteiger partial charge in [-0.25, -0.2) is 4.98 Å². The lowest BCUT2D eigenvalue weighted by molar-refractivity contribution is 0.0939. The predicted octanol–water partition coefficient (Wildman–Crippen LogP) is 4.44. The first kappa shape index (κ1) is 15.8. The zero-order chi connectivity index (χ0) is 15.4. The molecule has 0 saturated heterocycles. The number of halogens is 1. The molecule has 2 rings (SSSR count). The van der Waals surface area contributed by atoms with Crippen LogP contribution in [0.3, 0.4) is 0 Å². The van der Waals surface area contributed by atoms with E-state index in [1.54, 1.807) is 6.07 Å². The number of benzene rings is 1. The van der Waals surface area contributed by atoms with Gasteiger partial charge in [0, 0.05) is 11.4 Å². The van der Waals surface area contributed by atoms with Crippen LogP contribution in [0.2, 0.25) is 5.15 Å². The monoisotopic (exact) mass is 304 g/mol. The highest BCUT2D eigenvalue weighted by atomic mass is 35.5. The van der Waals surface area contributed by atoms with Gasteiger partial charge < -0.3 is 5.32 Å². The Hall–Kier alpha value is -1.61. The highest BCUT2D eigenvalue weighted by molar-refractivity contribution is 6.30. The highest BCUT2D eigenvalue weighted by Gasteiger charge is 2.14. The largest absolute Gasteiger partial charge is 0.350 e. The second-order valence-corrected chi connectivity index (χ2v) is 6.24. The summed E-state index contributed by atoms with van der Waals surface area (Å²) in [5.74, 6) is 0.548. The summed E-state index contributed by atoms with van der Waals surface area (Å²) >= 11 is 6.02.